The largest absolute Gasteiger partial charge is 0.389 e. The van der Waals surface area contributed by atoms with Crippen LogP contribution in [0, 0.1) is 5.41 Å². The van der Waals surface area contributed by atoms with E-state index < -0.39 is 6.10 Å². The Labute approximate surface area is 136 Å². The van der Waals surface area contributed by atoms with E-state index in [4.69, 9.17) is 10.1 Å². The van der Waals surface area contributed by atoms with E-state index in [1.165, 1.54) is 37.0 Å². The second-order valence-electron chi connectivity index (χ2n) is 6.43. The number of aliphatic hydroxyl groups is 1. The Morgan fingerprint density at radius 2 is 2.14 bits per heavy atom. The number of ether oxygens (including phenoxy) is 1. The van der Waals surface area contributed by atoms with Gasteiger partial charge in [-0.05, 0) is 37.1 Å². The fourth-order valence-electron chi connectivity index (χ4n) is 3.42. The fourth-order valence-corrected chi connectivity index (χ4v) is 4.33. The van der Waals surface area contributed by atoms with Gasteiger partial charge in [-0.15, -0.1) is 11.3 Å². The first-order valence-corrected chi connectivity index (χ1v) is 9.28. The molecule has 2 atom stereocenters. The van der Waals surface area contributed by atoms with Crippen LogP contribution >= 0.6 is 11.3 Å². The summed E-state index contributed by atoms with van der Waals surface area (Å²) >= 11 is 1.74. The Kier molecular flexibility index (Phi) is 5.63. The summed E-state index contributed by atoms with van der Waals surface area (Å²) < 4.78 is 5.87. The van der Waals surface area contributed by atoms with Gasteiger partial charge in [0.2, 0.25) is 0 Å². The summed E-state index contributed by atoms with van der Waals surface area (Å²) in [6, 6.07) is 2.62. The molecule has 2 aliphatic rings. The molecule has 2 unspecified atom stereocenters. The van der Waals surface area contributed by atoms with Crippen LogP contribution in [0.1, 0.15) is 55.1 Å². The zero-order valence-corrected chi connectivity index (χ0v) is 13.8. The summed E-state index contributed by atoms with van der Waals surface area (Å²) in [7, 11) is 0. The van der Waals surface area contributed by atoms with Crippen molar-refractivity contribution in [2.24, 2.45) is 0 Å². The SMILES string of the molecule is N=C1CCc2sccc2C1OCC(O)CNC1CCCCC1. The molecule has 1 aromatic heterocycles. The van der Waals surface area contributed by atoms with Crippen LogP contribution in [0.3, 0.4) is 0 Å². The average molecular weight is 322 g/mol. The summed E-state index contributed by atoms with van der Waals surface area (Å²) in [5.41, 5.74) is 1.77. The average Bonchev–Trinajstić information content (AvgIpc) is 3.01. The maximum Gasteiger partial charge on any atom is 0.121 e. The minimum Gasteiger partial charge on any atom is -0.389 e. The van der Waals surface area contributed by atoms with Crippen LogP contribution in [0.5, 0.6) is 0 Å². The van der Waals surface area contributed by atoms with Crippen molar-refractivity contribution in [3.8, 4) is 0 Å². The van der Waals surface area contributed by atoms with Gasteiger partial charge in [0.25, 0.3) is 0 Å². The third kappa shape index (κ3) is 3.96. The van der Waals surface area contributed by atoms with Gasteiger partial charge in [-0.25, -0.2) is 0 Å². The van der Waals surface area contributed by atoms with Crippen LogP contribution in [0.4, 0.5) is 0 Å². The minimum absolute atomic E-state index is 0.251. The summed E-state index contributed by atoms with van der Waals surface area (Å²) in [6.07, 6.45) is 7.36. The molecule has 122 valence electrons. The van der Waals surface area contributed by atoms with Crippen molar-refractivity contribution in [1.29, 1.82) is 5.41 Å². The highest BCUT2D eigenvalue weighted by Crippen LogP contribution is 2.33. The second-order valence-corrected chi connectivity index (χ2v) is 7.44. The molecule has 1 heterocycles. The van der Waals surface area contributed by atoms with Crippen molar-refractivity contribution in [3.63, 3.8) is 0 Å². The van der Waals surface area contributed by atoms with Crippen molar-refractivity contribution < 1.29 is 9.84 Å². The van der Waals surface area contributed by atoms with Crippen molar-refractivity contribution in [2.45, 2.75) is 63.2 Å². The standard InChI is InChI=1S/C17H26N2O2S/c18-15-6-7-16-14(8-9-22-16)17(15)21-11-13(20)10-19-12-4-2-1-3-5-12/h8-9,12-13,17-20H,1-7,10-11H2. The molecule has 1 fully saturated rings. The third-order valence-corrected chi connectivity index (χ3v) is 5.70. The van der Waals surface area contributed by atoms with E-state index in [2.05, 4.69) is 16.8 Å². The van der Waals surface area contributed by atoms with E-state index in [1.54, 1.807) is 11.3 Å². The van der Waals surface area contributed by atoms with Gasteiger partial charge in [-0.3, -0.25) is 0 Å². The molecule has 0 aromatic carbocycles. The van der Waals surface area contributed by atoms with E-state index in [0.29, 0.717) is 24.9 Å². The quantitative estimate of drug-likeness (QED) is 0.754. The molecule has 0 amide bonds. The molecule has 1 aromatic rings. The normalized spacial score (nSPS) is 24.2. The van der Waals surface area contributed by atoms with Crippen molar-refractivity contribution in [1.82, 2.24) is 5.32 Å². The maximum absolute atomic E-state index is 10.1. The zero-order valence-electron chi connectivity index (χ0n) is 13.0. The Morgan fingerprint density at radius 3 is 2.95 bits per heavy atom. The number of fused-ring (bicyclic) bond motifs is 1. The Bertz CT molecular complexity index is 497. The van der Waals surface area contributed by atoms with E-state index >= 15 is 0 Å². The van der Waals surface area contributed by atoms with Gasteiger partial charge in [0.05, 0.1) is 12.7 Å². The molecule has 1 saturated carbocycles. The molecule has 22 heavy (non-hydrogen) atoms. The fraction of sp³-hybridized carbons (Fsp3) is 0.706. The zero-order chi connectivity index (χ0) is 15.4. The van der Waals surface area contributed by atoms with Gasteiger partial charge in [-0.1, -0.05) is 19.3 Å². The molecule has 0 saturated heterocycles. The number of rotatable bonds is 6. The van der Waals surface area contributed by atoms with Crippen LogP contribution in [-0.2, 0) is 11.2 Å². The molecular weight excluding hydrogens is 296 g/mol. The molecule has 3 rings (SSSR count). The number of aliphatic hydroxyl groups excluding tert-OH is 1. The number of hydrogen-bond donors (Lipinski definition) is 3. The van der Waals surface area contributed by atoms with Crippen molar-refractivity contribution >= 4 is 17.0 Å². The maximum atomic E-state index is 10.1. The second kappa shape index (κ2) is 7.68. The number of nitrogens with one attached hydrogen (secondary N) is 2. The van der Waals surface area contributed by atoms with Crippen LogP contribution in [0.25, 0.3) is 0 Å². The van der Waals surface area contributed by atoms with Gasteiger partial charge in [0, 0.05) is 28.7 Å². The first-order valence-electron chi connectivity index (χ1n) is 8.40. The lowest BCUT2D eigenvalue weighted by Gasteiger charge is -2.27. The van der Waals surface area contributed by atoms with Crippen LogP contribution < -0.4 is 5.32 Å². The topological polar surface area (TPSA) is 65.3 Å². The Morgan fingerprint density at radius 1 is 1.32 bits per heavy atom. The molecule has 5 heteroatoms. The van der Waals surface area contributed by atoms with E-state index in [9.17, 15) is 5.11 Å². The van der Waals surface area contributed by atoms with Gasteiger partial charge >= 0.3 is 0 Å². The molecule has 0 radical (unpaired) electrons. The van der Waals surface area contributed by atoms with Crippen LogP contribution in [0.15, 0.2) is 11.4 Å². The third-order valence-electron chi connectivity index (χ3n) is 4.70. The van der Waals surface area contributed by atoms with Crippen molar-refractivity contribution in [3.05, 3.63) is 21.9 Å². The monoisotopic (exact) mass is 322 g/mol. The van der Waals surface area contributed by atoms with E-state index in [1.807, 2.05) is 0 Å². The molecular formula is C17H26N2O2S. The molecule has 4 nitrogen and oxygen atoms in total. The Hall–Kier alpha value is -0.750. The molecule has 3 N–H and O–H groups in total. The summed E-state index contributed by atoms with van der Waals surface area (Å²) in [5.74, 6) is 0. The number of hydrogen-bond acceptors (Lipinski definition) is 5. The number of aryl methyl sites for hydroxylation is 1. The van der Waals surface area contributed by atoms with Gasteiger partial charge in [0.15, 0.2) is 0 Å². The Balaban J connectivity index is 1.45. The summed E-state index contributed by atoms with van der Waals surface area (Å²) in [5, 5.41) is 23.8. The van der Waals surface area contributed by atoms with Gasteiger partial charge in [0.1, 0.15) is 6.10 Å². The van der Waals surface area contributed by atoms with E-state index in [-0.39, 0.29) is 6.10 Å². The molecule has 0 aliphatic heterocycles. The van der Waals surface area contributed by atoms with Crippen molar-refractivity contribution in [2.75, 3.05) is 13.2 Å². The lowest BCUT2D eigenvalue weighted by atomic mass is 9.94. The summed E-state index contributed by atoms with van der Waals surface area (Å²) in [4.78, 5) is 1.33. The predicted molar refractivity (Wildman–Crippen MR) is 89.9 cm³/mol. The molecule has 0 bridgehead atoms. The molecule has 0 spiro atoms. The van der Waals surface area contributed by atoms with Crippen LogP contribution in [0.2, 0.25) is 0 Å². The minimum atomic E-state index is -0.501. The smallest absolute Gasteiger partial charge is 0.121 e. The first kappa shape index (κ1) is 16.1. The lowest BCUT2D eigenvalue weighted by molar-refractivity contribution is 0.0133. The first-order chi connectivity index (χ1) is 10.7. The highest BCUT2D eigenvalue weighted by atomic mass is 32.1. The predicted octanol–water partition coefficient (Wildman–Crippen LogP) is 3.05. The van der Waals surface area contributed by atoms with E-state index in [0.717, 1.165) is 18.4 Å². The molecule has 2 aliphatic carbocycles. The highest BCUT2D eigenvalue weighted by Gasteiger charge is 2.27. The lowest BCUT2D eigenvalue weighted by Crippen LogP contribution is -2.39. The van der Waals surface area contributed by atoms with Gasteiger partial charge < -0.3 is 20.6 Å². The van der Waals surface area contributed by atoms with Gasteiger partial charge in [-0.2, -0.15) is 0 Å². The summed E-state index contributed by atoms with van der Waals surface area (Å²) in [6.45, 7) is 0.878. The number of thiophene rings is 1. The van der Waals surface area contributed by atoms with Crippen LogP contribution in [-0.4, -0.2) is 36.1 Å². The highest BCUT2D eigenvalue weighted by molar-refractivity contribution is 7.10.